The molecule has 94 valence electrons. The monoisotopic (exact) mass is 243 g/mol. The van der Waals surface area contributed by atoms with E-state index in [4.69, 9.17) is 5.11 Å². The number of terminal acetylenes is 1. The van der Waals surface area contributed by atoms with E-state index in [1.165, 1.54) is 16.3 Å². The lowest BCUT2D eigenvalue weighted by molar-refractivity contribution is -0.135. The second-order valence-corrected chi connectivity index (χ2v) is 3.45. The summed E-state index contributed by atoms with van der Waals surface area (Å²) < 4.78 is 0. The van der Waals surface area contributed by atoms with Crippen molar-refractivity contribution in [3.8, 4) is 12.8 Å². The zero-order valence-electron chi connectivity index (χ0n) is 10.3. The van der Waals surface area contributed by atoms with Crippen LogP contribution in [0.15, 0.2) is 42.5 Å². The van der Waals surface area contributed by atoms with Gasteiger partial charge in [0.05, 0.1) is 6.54 Å². The van der Waals surface area contributed by atoms with Crippen molar-refractivity contribution < 1.29 is 9.90 Å². The van der Waals surface area contributed by atoms with Crippen LogP contribution in [-0.4, -0.2) is 17.6 Å². The smallest absolute Gasteiger partial charge is 0.317 e. The molecule has 0 atom stereocenters. The van der Waals surface area contributed by atoms with Crippen molar-refractivity contribution in [1.82, 2.24) is 0 Å². The average Bonchev–Trinajstić information content (AvgIpc) is 2.41. The molecular formula is C15H17NO2. The number of carbonyl (C=O) groups is 1. The van der Waals surface area contributed by atoms with Gasteiger partial charge in [0.1, 0.15) is 0 Å². The summed E-state index contributed by atoms with van der Waals surface area (Å²) in [7, 11) is 0. The lowest BCUT2D eigenvalue weighted by Gasteiger charge is -1.96. The number of hydrogen-bond acceptors (Lipinski definition) is 2. The van der Waals surface area contributed by atoms with Crippen molar-refractivity contribution in [3.63, 3.8) is 0 Å². The van der Waals surface area contributed by atoms with Gasteiger partial charge in [-0.05, 0) is 17.7 Å². The van der Waals surface area contributed by atoms with Gasteiger partial charge in [-0.1, -0.05) is 48.0 Å². The Morgan fingerprint density at radius 3 is 2.17 bits per heavy atom. The van der Waals surface area contributed by atoms with Crippen LogP contribution in [0, 0.1) is 19.8 Å². The van der Waals surface area contributed by atoms with Gasteiger partial charge in [-0.15, -0.1) is 12.8 Å². The van der Waals surface area contributed by atoms with E-state index in [1.807, 2.05) is 0 Å². The van der Waals surface area contributed by atoms with Gasteiger partial charge in [0.25, 0.3) is 0 Å². The number of fused-ring (bicyclic) bond motifs is 1. The molecule has 0 amide bonds. The summed E-state index contributed by atoms with van der Waals surface area (Å²) in [5.74, 6) is -0.968. The predicted octanol–water partition coefficient (Wildman–Crippen LogP) is 2.43. The van der Waals surface area contributed by atoms with E-state index >= 15 is 0 Å². The molecular weight excluding hydrogens is 226 g/mol. The van der Waals surface area contributed by atoms with Crippen molar-refractivity contribution in [2.75, 3.05) is 6.54 Å². The summed E-state index contributed by atoms with van der Waals surface area (Å²) >= 11 is 0. The molecule has 0 radical (unpaired) electrons. The maximum Gasteiger partial charge on any atom is 0.317 e. The Bertz CT molecular complexity index is 518. The summed E-state index contributed by atoms with van der Waals surface area (Å²) in [6.45, 7) is 1.84. The highest BCUT2D eigenvalue weighted by Crippen LogP contribution is 2.14. The van der Waals surface area contributed by atoms with Gasteiger partial charge < -0.3 is 10.8 Å². The first-order chi connectivity index (χ1) is 8.63. The summed E-state index contributed by atoms with van der Waals surface area (Å²) in [4.78, 5) is 9.24. The molecule has 0 unspecified atom stereocenters. The van der Waals surface area contributed by atoms with E-state index in [0.717, 1.165) is 0 Å². The van der Waals surface area contributed by atoms with Crippen LogP contribution in [0.4, 0.5) is 0 Å². The van der Waals surface area contributed by atoms with Gasteiger partial charge in [0.15, 0.2) is 0 Å². The first-order valence-electron chi connectivity index (χ1n) is 5.34. The van der Waals surface area contributed by atoms with Crippen LogP contribution in [0.2, 0.25) is 0 Å². The van der Waals surface area contributed by atoms with E-state index in [9.17, 15) is 4.79 Å². The van der Waals surface area contributed by atoms with Crippen molar-refractivity contribution in [1.29, 1.82) is 0 Å². The molecule has 0 aromatic heterocycles. The maximum atomic E-state index is 9.24. The van der Waals surface area contributed by atoms with Crippen LogP contribution in [0.3, 0.4) is 0 Å². The molecule has 18 heavy (non-hydrogen) atoms. The molecule has 0 heterocycles. The van der Waals surface area contributed by atoms with Crippen molar-refractivity contribution >= 4 is 16.7 Å². The fourth-order valence-electron chi connectivity index (χ4n) is 1.31. The summed E-state index contributed by atoms with van der Waals surface area (Å²) in [6.07, 6.45) is 8.00. The fraction of sp³-hybridized carbons (Fsp3) is 0.133. The third kappa shape index (κ3) is 5.69. The van der Waals surface area contributed by atoms with Crippen LogP contribution in [-0.2, 0) is 4.79 Å². The van der Waals surface area contributed by atoms with Crippen molar-refractivity contribution in [3.05, 3.63) is 48.0 Å². The minimum Gasteiger partial charge on any atom is -0.480 e. The van der Waals surface area contributed by atoms with E-state index in [1.54, 1.807) is 0 Å². The Labute approximate surface area is 107 Å². The van der Waals surface area contributed by atoms with Crippen LogP contribution in [0.25, 0.3) is 10.8 Å². The quantitative estimate of drug-likeness (QED) is 0.756. The van der Waals surface area contributed by atoms with Gasteiger partial charge in [0.2, 0.25) is 0 Å². The third-order valence-electron chi connectivity index (χ3n) is 2.08. The highest BCUT2D eigenvalue weighted by atomic mass is 16.4. The second kappa shape index (κ2) is 8.80. The Morgan fingerprint density at radius 1 is 1.17 bits per heavy atom. The summed E-state index contributed by atoms with van der Waals surface area (Å²) in [6, 6.07) is 14.9. The molecule has 3 heteroatoms. The van der Waals surface area contributed by atoms with Crippen molar-refractivity contribution in [2.24, 2.45) is 5.73 Å². The molecule has 3 nitrogen and oxygen atoms in total. The molecule has 0 aliphatic carbocycles. The molecule has 0 bridgehead atoms. The number of rotatable bonds is 1. The Kier molecular flexibility index (Phi) is 7.67. The molecule has 0 saturated heterocycles. The number of carboxylic acids is 1. The second-order valence-electron chi connectivity index (χ2n) is 3.45. The molecule has 2 rings (SSSR count). The lowest BCUT2D eigenvalue weighted by atomic mass is 10.1. The summed E-state index contributed by atoms with van der Waals surface area (Å²) in [5.41, 5.74) is 5.89. The van der Waals surface area contributed by atoms with Crippen LogP contribution >= 0.6 is 0 Å². The standard InChI is InChI=1S/C11H10.C2H5NO2.C2H2/c1-9-6-7-10-4-2-3-5-11(10)8-9;3-1-2(4)5;1-2/h2-8H,1H3;1,3H2,(H,4,5);1-2H. The molecule has 2 aromatic carbocycles. The van der Waals surface area contributed by atoms with E-state index < -0.39 is 5.97 Å². The van der Waals surface area contributed by atoms with E-state index in [-0.39, 0.29) is 6.54 Å². The topological polar surface area (TPSA) is 63.3 Å². The minimum atomic E-state index is -0.968. The summed E-state index contributed by atoms with van der Waals surface area (Å²) in [5, 5.41) is 10.2. The Hall–Kier alpha value is -2.31. The largest absolute Gasteiger partial charge is 0.480 e. The van der Waals surface area contributed by atoms with Crippen LogP contribution < -0.4 is 5.73 Å². The van der Waals surface area contributed by atoms with Gasteiger partial charge in [-0.3, -0.25) is 4.79 Å². The molecule has 0 aliphatic rings. The molecule has 0 saturated carbocycles. The van der Waals surface area contributed by atoms with Crippen LogP contribution in [0.1, 0.15) is 5.56 Å². The van der Waals surface area contributed by atoms with Gasteiger partial charge >= 0.3 is 5.97 Å². The molecule has 0 aliphatic heterocycles. The Morgan fingerprint density at radius 2 is 1.67 bits per heavy atom. The number of hydrogen-bond donors (Lipinski definition) is 2. The first-order valence-corrected chi connectivity index (χ1v) is 5.34. The van der Waals surface area contributed by atoms with Gasteiger partial charge in [-0.2, -0.15) is 0 Å². The first kappa shape index (κ1) is 15.7. The molecule has 0 spiro atoms. The fourth-order valence-corrected chi connectivity index (χ4v) is 1.31. The van der Waals surface area contributed by atoms with E-state index in [2.05, 4.69) is 68.0 Å². The molecule has 0 fully saturated rings. The predicted molar refractivity (Wildman–Crippen MR) is 75.3 cm³/mol. The average molecular weight is 243 g/mol. The zero-order valence-corrected chi connectivity index (χ0v) is 10.3. The Balaban J connectivity index is 0.000000354. The SMILES string of the molecule is C#C.Cc1ccc2ccccc2c1.NCC(=O)O. The normalized spacial score (nSPS) is 8.44. The number of benzene rings is 2. The van der Waals surface area contributed by atoms with Gasteiger partial charge in [-0.25, -0.2) is 0 Å². The number of aryl methyl sites for hydroxylation is 1. The number of aliphatic carboxylic acids is 1. The number of nitrogens with two attached hydrogens (primary N) is 1. The maximum absolute atomic E-state index is 9.24. The zero-order chi connectivity index (χ0) is 14.0. The minimum absolute atomic E-state index is 0.278. The lowest BCUT2D eigenvalue weighted by Crippen LogP contribution is -2.10. The van der Waals surface area contributed by atoms with Crippen molar-refractivity contribution in [2.45, 2.75) is 6.92 Å². The van der Waals surface area contributed by atoms with Crippen LogP contribution in [0.5, 0.6) is 0 Å². The third-order valence-corrected chi connectivity index (χ3v) is 2.08. The van der Waals surface area contributed by atoms with Gasteiger partial charge in [0, 0.05) is 0 Å². The highest BCUT2D eigenvalue weighted by molar-refractivity contribution is 5.82. The molecule has 2 aromatic rings. The highest BCUT2D eigenvalue weighted by Gasteiger charge is 1.89. The van der Waals surface area contributed by atoms with E-state index in [0.29, 0.717) is 0 Å². The molecule has 3 N–H and O–H groups in total. The number of carboxylic acid groups (broad SMARTS) is 1.